The maximum Gasteiger partial charge on any atom is 0.281 e. The van der Waals surface area contributed by atoms with E-state index in [0.717, 1.165) is 46.7 Å². The minimum Gasteiger partial charge on any atom is -0.380 e. The third-order valence-electron chi connectivity index (χ3n) is 6.70. The minimum atomic E-state index is -0.479. The molecule has 2 amide bonds. The van der Waals surface area contributed by atoms with E-state index in [2.05, 4.69) is 34.0 Å². The number of carbonyl (C=O) groups excluding carboxylic acids is 2. The maximum absolute atomic E-state index is 14.1. The van der Waals surface area contributed by atoms with Crippen LogP contribution >= 0.6 is 23.5 Å². The van der Waals surface area contributed by atoms with Gasteiger partial charge in [0.25, 0.3) is 5.91 Å². The van der Waals surface area contributed by atoms with Crippen molar-refractivity contribution in [2.45, 2.75) is 51.2 Å². The molecule has 0 atom stereocenters. The third kappa shape index (κ3) is 7.02. The molecule has 3 aromatic rings. The molecule has 0 spiro atoms. The summed E-state index contributed by atoms with van der Waals surface area (Å²) in [5.41, 5.74) is 3.36. The second-order valence-electron chi connectivity index (χ2n) is 9.88. The number of hydrogen-bond acceptors (Lipinski definition) is 7. The quantitative estimate of drug-likeness (QED) is 0.296. The number of ether oxygens (including phenoxy) is 1. The van der Waals surface area contributed by atoms with Crippen molar-refractivity contribution >= 4 is 35.3 Å². The zero-order valence-corrected chi connectivity index (χ0v) is 24.2. The van der Waals surface area contributed by atoms with Gasteiger partial charge in [0, 0.05) is 30.7 Å². The third-order valence-corrected chi connectivity index (χ3v) is 8.30. The lowest BCUT2D eigenvalue weighted by Crippen LogP contribution is -2.39. The lowest BCUT2D eigenvalue weighted by Gasteiger charge is -2.27. The molecule has 1 aromatic heterocycles. The van der Waals surface area contributed by atoms with Crippen LogP contribution in [0, 0.1) is 6.92 Å². The number of thiazole rings is 1. The van der Waals surface area contributed by atoms with Gasteiger partial charge in [-0.3, -0.25) is 14.3 Å². The van der Waals surface area contributed by atoms with E-state index in [1.165, 1.54) is 29.0 Å². The summed E-state index contributed by atoms with van der Waals surface area (Å²) in [6.07, 6.45) is 3.44. The fraction of sp³-hybridized carbons (Fsp3) is 0.414. The first-order valence-corrected chi connectivity index (χ1v) is 14.4. The average molecular weight is 553 g/mol. The van der Waals surface area contributed by atoms with Crippen LogP contribution < -0.4 is 4.72 Å². The van der Waals surface area contributed by atoms with Gasteiger partial charge in [-0.15, -0.1) is 11.3 Å². The van der Waals surface area contributed by atoms with Crippen LogP contribution in [0.4, 0.5) is 0 Å². The van der Waals surface area contributed by atoms with Crippen LogP contribution in [0.15, 0.2) is 54.6 Å². The zero-order chi connectivity index (χ0) is 27.1. The monoisotopic (exact) mass is 552 g/mol. The lowest BCUT2D eigenvalue weighted by atomic mass is 9.93. The summed E-state index contributed by atoms with van der Waals surface area (Å²) in [7, 11) is 5.41. The number of benzene rings is 2. The molecule has 9 heteroatoms. The Balaban J connectivity index is 1.52. The second-order valence-corrected chi connectivity index (χ2v) is 12.3. The fourth-order valence-electron chi connectivity index (χ4n) is 4.59. The SMILES string of the molecule is COCc1ccc(C2(C(=O)N(CCCc3ccccc3)Cc3nc(C(=O)NSN(C)C)c(C)s3)CC2)cc1. The Morgan fingerprint density at radius 2 is 1.79 bits per heavy atom. The van der Waals surface area contributed by atoms with Crippen LogP contribution in [-0.4, -0.2) is 53.8 Å². The van der Waals surface area contributed by atoms with E-state index in [-0.39, 0.29) is 11.8 Å². The standard InChI is InChI=1S/C29H36N4O3S2/c1-21-26(27(34)31-38-32(2)3)30-25(37-21)19-33(18-8-11-22-9-6-5-7-10-22)28(35)29(16-17-29)24-14-12-23(13-15-24)20-36-4/h5-7,9-10,12-15H,8,11,16-20H2,1-4H3,(H,31,34). The van der Waals surface area contributed by atoms with Gasteiger partial charge >= 0.3 is 0 Å². The highest BCUT2D eigenvalue weighted by molar-refractivity contribution is 7.95. The number of nitrogens with one attached hydrogen (secondary N) is 1. The van der Waals surface area contributed by atoms with E-state index >= 15 is 0 Å². The van der Waals surface area contributed by atoms with E-state index < -0.39 is 5.41 Å². The summed E-state index contributed by atoms with van der Waals surface area (Å²) in [6.45, 7) is 3.49. The molecule has 4 rings (SSSR count). The lowest BCUT2D eigenvalue weighted by molar-refractivity contribution is -0.134. The summed E-state index contributed by atoms with van der Waals surface area (Å²) >= 11 is 2.70. The molecule has 7 nitrogen and oxygen atoms in total. The van der Waals surface area contributed by atoms with Crippen LogP contribution in [0.1, 0.15) is 56.3 Å². The number of aryl methyl sites for hydroxylation is 2. The summed E-state index contributed by atoms with van der Waals surface area (Å²) in [5, 5.41) is 0.779. The van der Waals surface area contributed by atoms with Gasteiger partial charge in [0.2, 0.25) is 5.91 Å². The van der Waals surface area contributed by atoms with Gasteiger partial charge in [-0.05, 0) is 63.4 Å². The topological polar surface area (TPSA) is 74.8 Å². The number of aromatic nitrogens is 1. The molecule has 0 bridgehead atoms. The maximum atomic E-state index is 14.1. The molecule has 38 heavy (non-hydrogen) atoms. The van der Waals surface area contributed by atoms with Gasteiger partial charge in [0.05, 0.1) is 18.6 Å². The molecule has 1 aliphatic carbocycles. The molecule has 1 aliphatic rings. The van der Waals surface area contributed by atoms with E-state index in [1.54, 1.807) is 7.11 Å². The van der Waals surface area contributed by atoms with Gasteiger partial charge < -0.3 is 9.64 Å². The molecule has 0 radical (unpaired) electrons. The molecule has 1 fully saturated rings. The van der Waals surface area contributed by atoms with E-state index in [0.29, 0.717) is 25.4 Å². The summed E-state index contributed by atoms with van der Waals surface area (Å²) in [5.74, 6) is -0.0764. The number of methoxy groups -OCH3 is 1. The molecule has 1 heterocycles. The molecular weight excluding hydrogens is 516 g/mol. The Hall–Kier alpha value is -2.72. The summed E-state index contributed by atoms with van der Waals surface area (Å²) in [4.78, 5) is 34.2. The Morgan fingerprint density at radius 1 is 1.08 bits per heavy atom. The van der Waals surface area contributed by atoms with Crippen molar-refractivity contribution in [2.75, 3.05) is 27.7 Å². The smallest absolute Gasteiger partial charge is 0.281 e. The van der Waals surface area contributed by atoms with Gasteiger partial charge in [-0.2, -0.15) is 0 Å². The summed E-state index contributed by atoms with van der Waals surface area (Å²) in [6, 6.07) is 18.6. The van der Waals surface area contributed by atoms with Crippen LogP contribution in [0.5, 0.6) is 0 Å². The van der Waals surface area contributed by atoms with Crippen LogP contribution in [-0.2, 0) is 34.5 Å². The van der Waals surface area contributed by atoms with Crippen molar-refractivity contribution in [2.24, 2.45) is 0 Å². The predicted octanol–water partition coefficient (Wildman–Crippen LogP) is 5.15. The molecule has 0 unspecified atom stereocenters. The fourth-order valence-corrected chi connectivity index (χ4v) is 5.89. The first-order chi connectivity index (χ1) is 18.3. The van der Waals surface area contributed by atoms with Crippen LogP contribution in [0.2, 0.25) is 0 Å². The largest absolute Gasteiger partial charge is 0.380 e. The van der Waals surface area contributed by atoms with Gasteiger partial charge in [-0.25, -0.2) is 9.29 Å². The van der Waals surface area contributed by atoms with Crippen molar-refractivity contribution in [3.8, 4) is 0 Å². The molecule has 0 aliphatic heterocycles. The van der Waals surface area contributed by atoms with Gasteiger partial charge in [0.1, 0.15) is 10.7 Å². The van der Waals surface area contributed by atoms with Gasteiger partial charge in [0.15, 0.2) is 0 Å². The first-order valence-electron chi connectivity index (χ1n) is 12.8. The van der Waals surface area contributed by atoms with Crippen molar-refractivity contribution in [3.05, 3.63) is 86.9 Å². The van der Waals surface area contributed by atoms with E-state index in [1.807, 2.05) is 60.6 Å². The summed E-state index contributed by atoms with van der Waals surface area (Å²) < 4.78 is 9.86. The Bertz CT molecular complexity index is 1220. The van der Waals surface area contributed by atoms with Crippen molar-refractivity contribution < 1.29 is 14.3 Å². The Kier molecular flexibility index (Phi) is 9.59. The van der Waals surface area contributed by atoms with Crippen molar-refractivity contribution in [1.82, 2.24) is 18.9 Å². The number of amides is 2. The molecule has 2 aromatic carbocycles. The molecule has 202 valence electrons. The minimum absolute atomic E-state index is 0.145. The molecule has 1 N–H and O–H groups in total. The van der Waals surface area contributed by atoms with Crippen LogP contribution in [0.3, 0.4) is 0 Å². The Labute approximate surface area is 233 Å². The molecular formula is C29H36N4O3S2. The number of nitrogens with zero attached hydrogens (tertiary/aromatic N) is 3. The number of carbonyl (C=O) groups is 2. The van der Waals surface area contributed by atoms with E-state index in [4.69, 9.17) is 4.74 Å². The Morgan fingerprint density at radius 3 is 2.42 bits per heavy atom. The van der Waals surface area contributed by atoms with Crippen molar-refractivity contribution in [1.29, 1.82) is 0 Å². The van der Waals surface area contributed by atoms with Gasteiger partial charge in [-0.1, -0.05) is 54.6 Å². The molecule has 0 saturated heterocycles. The number of hydrogen-bond donors (Lipinski definition) is 1. The zero-order valence-electron chi connectivity index (χ0n) is 22.5. The average Bonchev–Trinajstić information content (AvgIpc) is 3.64. The highest BCUT2D eigenvalue weighted by Crippen LogP contribution is 2.50. The second kappa shape index (κ2) is 12.9. The molecule has 1 saturated carbocycles. The van der Waals surface area contributed by atoms with E-state index in [9.17, 15) is 9.59 Å². The first kappa shape index (κ1) is 28.3. The van der Waals surface area contributed by atoms with Crippen molar-refractivity contribution in [3.63, 3.8) is 0 Å². The normalized spacial score (nSPS) is 13.9. The predicted molar refractivity (Wildman–Crippen MR) is 154 cm³/mol. The number of rotatable bonds is 13. The van der Waals surface area contributed by atoms with Crippen LogP contribution in [0.25, 0.3) is 0 Å². The highest BCUT2D eigenvalue weighted by atomic mass is 32.2. The highest BCUT2D eigenvalue weighted by Gasteiger charge is 2.53.